The average molecular weight is 207 g/mol. The number of nitrogens with two attached hydrogens (primary N) is 1. The Hall–Kier alpha value is -0.300. The Morgan fingerprint density at radius 2 is 1.93 bits per heavy atom. The first-order valence-corrected chi connectivity index (χ1v) is 6.56. The first-order chi connectivity index (χ1) is 7.11. The average Bonchev–Trinajstić information content (AvgIpc) is 2.73. The molecular formula is C14H25N. The second-order valence-corrected chi connectivity index (χ2v) is 6.06. The van der Waals surface area contributed by atoms with E-state index in [1.807, 2.05) is 0 Å². The zero-order valence-corrected chi connectivity index (χ0v) is 10.3. The van der Waals surface area contributed by atoms with Gasteiger partial charge in [0.1, 0.15) is 0 Å². The summed E-state index contributed by atoms with van der Waals surface area (Å²) in [5.74, 6) is 0.753. The zero-order chi connectivity index (χ0) is 10.9. The van der Waals surface area contributed by atoms with Crippen LogP contribution >= 0.6 is 0 Å². The largest absolute Gasteiger partial charge is 0.324 e. The minimum Gasteiger partial charge on any atom is -0.324 e. The van der Waals surface area contributed by atoms with Gasteiger partial charge in [-0.25, -0.2) is 0 Å². The molecule has 0 heterocycles. The minimum atomic E-state index is 0.359. The smallest absolute Gasteiger partial charge is 0.0287 e. The molecule has 0 radical (unpaired) electrons. The van der Waals surface area contributed by atoms with E-state index in [0.717, 1.165) is 5.92 Å². The molecule has 15 heavy (non-hydrogen) atoms. The third-order valence-corrected chi connectivity index (χ3v) is 4.28. The summed E-state index contributed by atoms with van der Waals surface area (Å²) in [6.07, 6.45) is 11.8. The van der Waals surface area contributed by atoms with Crippen molar-refractivity contribution < 1.29 is 0 Å². The number of allylic oxidation sites excluding steroid dienone is 1. The van der Waals surface area contributed by atoms with Crippen molar-refractivity contribution in [1.82, 2.24) is 0 Å². The molecule has 2 atom stereocenters. The molecule has 0 spiro atoms. The highest BCUT2D eigenvalue weighted by molar-refractivity contribution is 5.18. The first-order valence-electron chi connectivity index (χ1n) is 6.56. The molecule has 1 fully saturated rings. The van der Waals surface area contributed by atoms with Crippen LogP contribution in [-0.4, -0.2) is 6.04 Å². The van der Waals surface area contributed by atoms with Gasteiger partial charge in [0, 0.05) is 6.04 Å². The molecule has 2 aliphatic rings. The molecule has 0 aromatic carbocycles. The third kappa shape index (κ3) is 2.63. The lowest BCUT2D eigenvalue weighted by Gasteiger charge is -2.19. The normalized spacial score (nSPS) is 32.5. The summed E-state index contributed by atoms with van der Waals surface area (Å²) in [4.78, 5) is 0. The van der Waals surface area contributed by atoms with E-state index in [1.54, 1.807) is 5.57 Å². The van der Waals surface area contributed by atoms with Gasteiger partial charge in [-0.15, -0.1) is 0 Å². The van der Waals surface area contributed by atoms with Crippen LogP contribution < -0.4 is 5.73 Å². The molecule has 86 valence electrons. The van der Waals surface area contributed by atoms with Crippen molar-refractivity contribution in [2.75, 3.05) is 0 Å². The molecule has 2 aliphatic carbocycles. The van der Waals surface area contributed by atoms with Crippen LogP contribution in [0.5, 0.6) is 0 Å². The summed E-state index contributed by atoms with van der Waals surface area (Å²) < 4.78 is 0. The lowest BCUT2D eigenvalue weighted by Crippen LogP contribution is -2.27. The van der Waals surface area contributed by atoms with E-state index in [0.29, 0.717) is 11.5 Å². The van der Waals surface area contributed by atoms with Crippen molar-refractivity contribution in [3.63, 3.8) is 0 Å². The van der Waals surface area contributed by atoms with Crippen molar-refractivity contribution in [2.24, 2.45) is 17.1 Å². The van der Waals surface area contributed by atoms with Crippen molar-refractivity contribution in [2.45, 2.75) is 64.8 Å². The Bertz CT molecular complexity index is 252. The van der Waals surface area contributed by atoms with Gasteiger partial charge < -0.3 is 5.73 Å². The quantitative estimate of drug-likeness (QED) is 0.687. The fourth-order valence-electron chi connectivity index (χ4n) is 2.90. The van der Waals surface area contributed by atoms with Crippen LogP contribution in [0.15, 0.2) is 11.6 Å². The highest BCUT2D eigenvalue weighted by Gasteiger charge is 2.49. The maximum absolute atomic E-state index is 6.38. The molecule has 0 aliphatic heterocycles. The van der Waals surface area contributed by atoms with E-state index >= 15 is 0 Å². The molecule has 1 nitrogen and oxygen atoms in total. The van der Waals surface area contributed by atoms with Crippen LogP contribution in [0.25, 0.3) is 0 Å². The van der Waals surface area contributed by atoms with E-state index in [2.05, 4.69) is 19.9 Å². The van der Waals surface area contributed by atoms with Gasteiger partial charge in [0.15, 0.2) is 0 Å². The summed E-state index contributed by atoms with van der Waals surface area (Å²) >= 11 is 0. The van der Waals surface area contributed by atoms with Crippen molar-refractivity contribution >= 4 is 0 Å². The molecule has 2 unspecified atom stereocenters. The maximum atomic E-state index is 6.38. The highest BCUT2D eigenvalue weighted by Crippen LogP contribution is 2.54. The van der Waals surface area contributed by atoms with Crippen LogP contribution in [0, 0.1) is 11.3 Å². The molecule has 0 bridgehead atoms. The topological polar surface area (TPSA) is 26.0 Å². The van der Waals surface area contributed by atoms with Crippen LogP contribution in [0.2, 0.25) is 0 Å². The predicted octanol–water partition coefficient (Wildman–Crippen LogP) is 3.64. The molecular weight excluding hydrogens is 182 g/mol. The SMILES string of the molecule is CC1(C)CC1C(N)C1=CCCCCCC1. The lowest BCUT2D eigenvalue weighted by atomic mass is 9.91. The van der Waals surface area contributed by atoms with E-state index in [9.17, 15) is 0 Å². The van der Waals surface area contributed by atoms with Gasteiger partial charge >= 0.3 is 0 Å². The standard InChI is InChI=1S/C14H25N/c1-14(2)10-12(14)13(15)11-8-6-4-3-5-7-9-11/h8,12-13H,3-7,9-10,15H2,1-2H3. The van der Waals surface area contributed by atoms with Crippen molar-refractivity contribution in [1.29, 1.82) is 0 Å². The molecule has 2 rings (SSSR count). The summed E-state index contributed by atoms with van der Waals surface area (Å²) in [6.45, 7) is 4.70. The van der Waals surface area contributed by atoms with Gasteiger partial charge in [0.25, 0.3) is 0 Å². The molecule has 1 saturated carbocycles. The molecule has 0 aromatic rings. The molecule has 0 aromatic heterocycles. The van der Waals surface area contributed by atoms with Gasteiger partial charge in [0.2, 0.25) is 0 Å². The summed E-state index contributed by atoms with van der Waals surface area (Å²) in [5, 5.41) is 0. The Labute approximate surface area is 94.1 Å². The number of rotatable bonds is 2. The second-order valence-electron chi connectivity index (χ2n) is 6.06. The summed E-state index contributed by atoms with van der Waals surface area (Å²) in [5.41, 5.74) is 8.46. The molecule has 2 N–H and O–H groups in total. The second kappa shape index (κ2) is 4.29. The first kappa shape index (κ1) is 11.2. The zero-order valence-electron chi connectivity index (χ0n) is 10.3. The Morgan fingerprint density at radius 3 is 2.60 bits per heavy atom. The van der Waals surface area contributed by atoms with E-state index < -0.39 is 0 Å². The van der Waals surface area contributed by atoms with Gasteiger partial charge in [0.05, 0.1) is 0 Å². The fourth-order valence-corrected chi connectivity index (χ4v) is 2.90. The number of hydrogen-bond acceptors (Lipinski definition) is 1. The van der Waals surface area contributed by atoms with Crippen molar-refractivity contribution in [3.05, 3.63) is 11.6 Å². The number of hydrogen-bond donors (Lipinski definition) is 1. The van der Waals surface area contributed by atoms with Gasteiger partial charge in [-0.1, -0.05) is 38.3 Å². The predicted molar refractivity (Wildman–Crippen MR) is 65.6 cm³/mol. The van der Waals surface area contributed by atoms with Gasteiger partial charge in [-0.2, -0.15) is 0 Å². The van der Waals surface area contributed by atoms with Crippen LogP contribution in [-0.2, 0) is 0 Å². The van der Waals surface area contributed by atoms with Crippen LogP contribution in [0.3, 0.4) is 0 Å². The Kier molecular flexibility index (Phi) is 3.20. The van der Waals surface area contributed by atoms with Crippen LogP contribution in [0.4, 0.5) is 0 Å². The third-order valence-electron chi connectivity index (χ3n) is 4.28. The monoisotopic (exact) mass is 207 g/mol. The molecule has 1 heteroatoms. The summed E-state index contributed by atoms with van der Waals surface area (Å²) in [6, 6.07) is 0.359. The molecule has 0 saturated heterocycles. The lowest BCUT2D eigenvalue weighted by molar-refractivity contribution is 0.494. The highest BCUT2D eigenvalue weighted by atomic mass is 14.7. The fraction of sp³-hybridized carbons (Fsp3) is 0.857. The van der Waals surface area contributed by atoms with Gasteiger partial charge in [-0.05, 0) is 43.4 Å². The van der Waals surface area contributed by atoms with E-state index in [4.69, 9.17) is 5.73 Å². The van der Waals surface area contributed by atoms with E-state index in [1.165, 1.54) is 44.9 Å². The summed E-state index contributed by atoms with van der Waals surface area (Å²) in [7, 11) is 0. The maximum Gasteiger partial charge on any atom is 0.0287 e. The Morgan fingerprint density at radius 1 is 1.27 bits per heavy atom. The van der Waals surface area contributed by atoms with Crippen LogP contribution in [0.1, 0.15) is 58.8 Å². The van der Waals surface area contributed by atoms with Gasteiger partial charge in [-0.3, -0.25) is 0 Å². The molecule has 0 amide bonds. The Balaban J connectivity index is 1.96. The van der Waals surface area contributed by atoms with E-state index in [-0.39, 0.29) is 0 Å². The van der Waals surface area contributed by atoms with Crippen molar-refractivity contribution in [3.8, 4) is 0 Å². The minimum absolute atomic E-state index is 0.359.